The summed E-state index contributed by atoms with van der Waals surface area (Å²) in [4.78, 5) is 29.3. The van der Waals surface area contributed by atoms with Gasteiger partial charge in [-0.1, -0.05) is 19.3 Å². The van der Waals surface area contributed by atoms with Crippen molar-refractivity contribution in [2.24, 2.45) is 13.0 Å². The first kappa shape index (κ1) is 17.9. The van der Waals surface area contributed by atoms with E-state index in [-0.39, 0.29) is 17.9 Å². The lowest BCUT2D eigenvalue weighted by molar-refractivity contribution is -0.143. The fourth-order valence-corrected chi connectivity index (χ4v) is 3.96. The topological polar surface area (TPSA) is 70.5 Å². The van der Waals surface area contributed by atoms with Crippen LogP contribution in [0.25, 0.3) is 0 Å². The van der Waals surface area contributed by atoms with Crippen molar-refractivity contribution >= 4 is 11.8 Å². The summed E-state index contributed by atoms with van der Waals surface area (Å²) >= 11 is 0. The van der Waals surface area contributed by atoms with Gasteiger partial charge in [0.15, 0.2) is 0 Å². The smallest absolute Gasteiger partial charge is 0.244 e. The standard InChI is InChI=1S/C18H29N5O2/c1-19-16(15-12-20-21(2)13-15)18(25)23-10-8-22(9-11-23)17(24)14-6-4-3-5-7-14/h12-14,16,19H,3-11H2,1-2H3. The fourth-order valence-electron chi connectivity index (χ4n) is 3.96. The average molecular weight is 347 g/mol. The third-order valence-electron chi connectivity index (χ3n) is 5.45. The summed E-state index contributed by atoms with van der Waals surface area (Å²) in [6.07, 6.45) is 9.24. The van der Waals surface area contributed by atoms with Crippen molar-refractivity contribution < 1.29 is 9.59 Å². The summed E-state index contributed by atoms with van der Waals surface area (Å²) in [6.45, 7) is 2.50. The second kappa shape index (κ2) is 7.99. The van der Waals surface area contributed by atoms with Crippen molar-refractivity contribution in [2.45, 2.75) is 38.1 Å². The van der Waals surface area contributed by atoms with E-state index >= 15 is 0 Å². The molecule has 1 aromatic rings. The van der Waals surface area contributed by atoms with E-state index in [2.05, 4.69) is 10.4 Å². The molecule has 1 aliphatic heterocycles. The zero-order valence-electron chi connectivity index (χ0n) is 15.3. The Morgan fingerprint density at radius 3 is 2.32 bits per heavy atom. The van der Waals surface area contributed by atoms with Crippen LogP contribution in [0.1, 0.15) is 43.7 Å². The third kappa shape index (κ3) is 4.03. The summed E-state index contributed by atoms with van der Waals surface area (Å²) in [6, 6.07) is -0.380. The van der Waals surface area contributed by atoms with Crippen LogP contribution in [0.3, 0.4) is 0 Å². The van der Waals surface area contributed by atoms with Gasteiger partial charge in [0.2, 0.25) is 11.8 Å². The summed E-state index contributed by atoms with van der Waals surface area (Å²) in [5.41, 5.74) is 0.871. The molecule has 0 radical (unpaired) electrons. The molecule has 7 heteroatoms. The molecule has 1 unspecified atom stereocenters. The number of aryl methyl sites for hydroxylation is 1. The number of nitrogens with one attached hydrogen (secondary N) is 1. The van der Waals surface area contributed by atoms with Crippen LogP contribution in [0.4, 0.5) is 0 Å². The molecule has 2 aliphatic rings. The highest BCUT2D eigenvalue weighted by Gasteiger charge is 2.32. The monoisotopic (exact) mass is 347 g/mol. The van der Waals surface area contributed by atoms with Gasteiger partial charge in [-0.25, -0.2) is 0 Å². The van der Waals surface area contributed by atoms with E-state index in [9.17, 15) is 9.59 Å². The van der Waals surface area contributed by atoms with E-state index in [0.29, 0.717) is 32.1 Å². The van der Waals surface area contributed by atoms with Crippen LogP contribution in [-0.2, 0) is 16.6 Å². The van der Waals surface area contributed by atoms with Crippen molar-refractivity contribution in [2.75, 3.05) is 33.2 Å². The Bertz CT molecular complexity index is 600. The number of carbonyl (C=O) groups is 2. The van der Waals surface area contributed by atoms with E-state index < -0.39 is 0 Å². The quantitative estimate of drug-likeness (QED) is 0.880. The van der Waals surface area contributed by atoms with Crippen LogP contribution in [-0.4, -0.2) is 64.6 Å². The third-order valence-corrected chi connectivity index (χ3v) is 5.45. The highest BCUT2D eigenvalue weighted by molar-refractivity contribution is 5.84. The highest BCUT2D eigenvalue weighted by atomic mass is 16.2. The molecule has 1 N–H and O–H groups in total. The van der Waals surface area contributed by atoms with Gasteiger partial charge >= 0.3 is 0 Å². The molecule has 2 amide bonds. The largest absolute Gasteiger partial charge is 0.339 e. The van der Waals surface area contributed by atoms with Crippen molar-refractivity contribution in [1.29, 1.82) is 0 Å². The molecular weight excluding hydrogens is 318 g/mol. The molecule has 7 nitrogen and oxygen atoms in total. The van der Waals surface area contributed by atoms with Crippen LogP contribution in [0.2, 0.25) is 0 Å². The minimum atomic E-state index is -0.380. The zero-order valence-corrected chi connectivity index (χ0v) is 15.3. The number of nitrogens with zero attached hydrogens (tertiary/aromatic N) is 4. The Morgan fingerprint density at radius 1 is 1.12 bits per heavy atom. The predicted molar refractivity (Wildman–Crippen MR) is 94.7 cm³/mol. The molecule has 1 atom stereocenters. The molecule has 1 saturated carbocycles. The molecule has 0 spiro atoms. The van der Waals surface area contributed by atoms with Gasteiger partial charge in [-0.2, -0.15) is 5.10 Å². The van der Waals surface area contributed by atoms with E-state index in [1.807, 2.05) is 23.0 Å². The Hall–Kier alpha value is -1.89. The highest BCUT2D eigenvalue weighted by Crippen LogP contribution is 2.26. The minimum Gasteiger partial charge on any atom is -0.339 e. The van der Waals surface area contributed by atoms with Crippen LogP contribution < -0.4 is 5.32 Å². The van der Waals surface area contributed by atoms with Crippen LogP contribution in [0, 0.1) is 5.92 Å². The summed E-state index contributed by atoms with van der Waals surface area (Å²) in [5.74, 6) is 0.556. The number of carbonyl (C=O) groups excluding carboxylic acids is 2. The first-order chi connectivity index (χ1) is 12.1. The zero-order chi connectivity index (χ0) is 17.8. The number of piperazine rings is 1. The SMILES string of the molecule is CNC(C(=O)N1CCN(C(=O)C2CCCCC2)CC1)c1cnn(C)c1. The van der Waals surface area contributed by atoms with E-state index in [0.717, 1.165) is 18.4 Å². The molecule has 1 aliphatic carbocycles. The molecular formula is C18H29N5O2. The van der Waals surface area contributed by atoms with Gasteiger partial charge in [0, 0.05) is 50.9 Å². The van der Waals surface area contributed by atoms with Gasteiger partial charge in [-0.15, -0.1) is 0 Å². The van der Waals surface area contributed by atoms with Gasteiger partial charge in [-0.05, 0) is 19.9 Å². The predicted octanol–water partition coefficient (Wildman–Crippen LogP) is 0.932. The Labute approximate surface area is 149 Å². The van der Waals surface area contributed by atoms with Crippen LogP contribution in [0.5, 0.6) is 0 Å². The Balaban J connectivity index is 1.55. The van der Waals surface area contributed by atoms with Gasteiger partial charge in [-0.3, -0.25) is 14.3 Å². The lowest BCUT2D eigenvalue weighted by Crippen LogP contribution is -2.53. The first-order valence-corrected chi connectivity index (χ1v) is 9.33. The molecule has 0 aromatic carbocycles. The maximum absolute atomic E-state index is 12.8. The Kier molecular flexibility index (Phi) is 5.73. The fraction of sp³-hybridized carbons (Fsp3) is 0.722. The number of amides is 2. The lowest BCUT2D eigenvalue weighted by atomic mass is 9.88. The van der Waals surface area contributed by atoms with Crippen molar-refractivity contribution in [3.8, 4) is 0 Å². The summed E-state index contributed by atoms with van der Waals surface area (Å²) < 4.78 is 1.70. The molecule has 0 bridgehead atoms. The van der Waals surface area contributed by atoms with Crippen LogP contribution in [0.15, 0.2) is 12.4 Å². The second-order valence-corrected chi connectivity index (χ2v) is 7.15. The summed E-state index contributed by atoms with van der Waals surface area (Å²) in [5, 5.41) is 7.24. The molecule has 2 heterocycles. The van der Waals surface area contributed by atoms with Gasteiger partial charge in [0.1, 0.15) is 6.04 Å². The maximum atomic E-state index is 12.8. The van der Waals surface area contributed by atoms with E-state index in [1.165, 1.54) is 19.3 Å². The number of likely N-dealkylation sites (N-methyl/N-ethyl adjacent to an activating group) is 1. The number of rotatable bonds is 4. The second-order valence-electron chi connectivity index (χ2n) is 7.15. The summed E-state index contributed by atoms with van der Waals surface area (Å²) in [7, 11) is 3.63. The normalized spacial score (nSPS) is 20.6. The van der Waals surface area contributed by atoms with Gasteiger partial charge < -0.3 is 15.1 Å². The lowest BCUT2D eigenvalue weighted by Gasteiger charge is -2.38. The first-order valence-electron chi connectivity index (χ1n) is 9.33. The van der Waals surface area contributed by atoms with Gasteiger partial charge in [0.05, 0.1) is 6.20 Å². The van der Waals surface area contributed by atoms with Crippen molar-refractivity contribution in [3.05, 3.63) is 18.0 Å². The molecule has 3 rings (SSSR count). The number of hydrogen-bond acceptors (Lipinski definition) is 4. The van der Waals surface area contributed by atoms with E-state index in [1.54, 1.807) is 17.9 Å². The van der Waals surface area contributed by atoms with Crippen molar-refractivity contribution in [3.63, 3.8) is 0 Å². The van der Waals surface area contributed by atoms with Crippen LogP contribution >= 0.6 is 0 Å². The molecule has 1 saturated heterocycles. The number of aromatic nitrogens is 2. The van der Waals surface area contributed by atoms with E-state index in [4.69, 9.17) is 0 Å². The maximum Gasteiger partial charge on any atom is 0.244 e. The number of hydrogen-bond donors (Lipinski definition) is 1. The average Bonchev–Trinajstić information content (AvgIpc) is 3.08. The Morgan fingerprint density at radius 2 is 1.76 bits per heavy atom. The minimum absolute atomic E-state index is 0.0558. The molecule has 1 aromatic heterocycles. The molecule has 138 valence electrons. The van der Waals surface area contributed by atoms with Crippen molar-refractivity contribution in [1.82, 2.24) is 24.9 Å². The molecule has 2 fully saturated rings. The molecule has 25 heavy (non-hydrogen) atoms. The van der Waals surface area contributed by atoms with Gasteiger partial charge in [0.25, 0.3) is 0 Å².